The largest absolute Gasteiger partial charge is 0.502 e. The standard InChI is InChI=1S/C19H16N3O3/c1-20(17-9-11-18(12-10-17)22(24)25)19(23)21-13-5-8-16(14-21)15-6-3-2-4-7-15/h2-14H,1H3/q+1. The van der Waals surface area contributed by atoms with Gasteiger partial charge in [0.25, 0.3) is 5.69 Å². The van der Waals surface area contributed by atoms with Gasteiger partial charge in [0.1, 0.15) is 11.9 Å². The van der Waals surface area contributed by atoms with Gasteiger partial charge in [-0.3, -0.25) is 10.1 Å². The summed E-state index contributed by atoms with van der Waals surface area (Å²) < 4.78 is 1.49. The zero-order valence-corrected chi connectivity index (χ0v) is 13.6. The second-order valence-electron chi connectivity index (χ2n) is 5.48. The zero-order valence-electron chi connectivity index (χ0n) is 13.6. The summed E-state index contributed by atoms with van der Waals surface area (Å²) in [7, 11) is 1.63. The Kier molecular flexibility index (Phi) is 4.52. The van der Waals surface area contributed by atoms with Crippen LogP contribution in [-0.2, 0) is 0 Å². The van der Waals surface area contributed by atoms with Gasteiger partial charge in [0.05, 0.1) is 18.2 Å². The number of nitrogens with zero attached hydrogens (tertiary/aromatic N) is 3. The molecule has 3 aromatic rings. The van der Waals surface area contributed by atoms with Crippen LogP contribution in [0.1, 0.15) is 0 Å². The molecule has 0 spiro atoms. The second-order valence-corrected chi connectivity index (χ2v) is 5.48. The van der Waals surface area contributed by atoms with E-state index in [0.717, 1.165) is 11.1 Å². The van der Waals surface area contributed by atoms with E-state index in [0.29, 0.717) is 5.69 Å². The Hall–Kier alpha value is -3.54. The number of hydrogen-bond acceptors (Lipinski definition) is 3. The molecular formula is C19H16N3O3+. The van der Waals surface area contributed by atoms with Gasteiger partial charge in [0.15, 0.2) is 0 Å². The van der Waals surface area contributed by atoms with Crippen molar-refractivity contribution in [3.63, 3.8) is 0 Å². The van der Waals surface area contributed by atoms with Crippen molar-refractivity contribution in [1.29, 1.82) is 0 Å². The lowest BCUT2D eigenvalue weighted by molar-refractivity contribution is -0.569. The maximum Gasteiger partial charge on any atom is 0.502 e. The van der Waals surface area contributed by atoms with E-state index < -0.39 is 4.92 Å². The molecule has 1 heterocycles. The van der Waals surface area contributed by atoms with Crippen molar-refractivity contribution in [2.75, 3.05) is 11.9 Å². The van der Waals surface area contributed by atoms with Crippen LogP contribution in [0.3, 0.4) is 0 Å². The molecule has 0 fully saturated rings. The Bertz CT molecular complexity index is 909. The van der Waals surface area contributed by atoms with E-state index in [1.165, 1.54) is 21.6 Å². The van der Waals surface area contributed by atoms with Gasteiger partial charge in [-0.25, -0.2) is 0 Å². The molecule has 25 heavy (non-hydrogen) atoms. The molecule has 3 rings (SSSR count). The van der Waals surface area contributed by atoms with Gasteiger partial charge >= 0.3 is 6.03 Å². The van der Waals surface area contributed by atoms with Crippen molar-refractivity contribution >= 4 is 17.4 Å². The van der Waals surface area contributed by atoms with Crippen LogP contribution in [0, 0.1) is 10.1 Å². The van der Waals surface area contributed by atoms with Crippen molar-refractivity contribution in [1.82, 2.24) is 0 Å². The highest BCUT2D eigenvalue weighted by atomic mass is 16.6. The maximum absolute atomic E-state index is 12.7. The SMILES string of the molecule is CN(C(=O)[n+]1cccc(-c2ccccc2)c1)c1ccc([N+](=O)[O-])cc1. The molecule has 1 amide bonds. The minimum absolute atomic E-state index is 0.0108. The summed E-state index contributed by atoms with van der Waals surface area (Å²) in [5.74, 6) is 0. The van der Waals surface area contributed by atoms with Gasteiger partial charge in [-0.15, -0.1) is 0 Å². The molecule has 0 bridgehead atoms. The number of amides is 1. The first-order valence-electron chi connectivity index (χ1n) is 7.65. The van der Waals surface area contributed by atoms with Gasteiger partial charge in [-0.1, -0.05) is 30.3 Å². The summed E-state index contributed by atoms with van der Waals surface area (Å²) in [5, 5.41) is 10.7. The van der Waals surface area contributed by atoms with Gasteiger partial charge in [0.2, 0.25) is 0 Å². The van der Waals surface area contributed by atoms with Crippen LogP contribution in [0.2, 0.25) is 0 Å². The quantitative estimate of drug-likeness (QED) is 0.417. The molecular weight excluding hydrogens is 318 g/mol. The summed E-state index contributed by atoms with van der Waals surface area (Å²) in [4.78, 5) is 24.4. The molecule has 0 aliphatic rings. The lowest BCUT2D eigenvalue weighted by Crippen LogP contribution is -2.50. The first-order chi connectivity index (χ1) is 12.1. The molecule has 0 aliphatic carbocycles. The van der Waals surface area contributed by atoms with Crippen LogP contribution >= 0.6 is 0 Å². The van der Waals surface area contributed by atoms with E-state index in [1.54, 1.807) is 31.6 Å². The molecule has 0 radical (unpaired) electrons. The molecule has 124 valence electrons. The molecule has 6 heteroatoms. The minimum atomic E-state index is -0.469. The number of rotatable bonds is 3. The van der Waals surface area contributed by atoms with Crippen molar-refractivity contribution in [3.05, 3.63) is 89.2 Å². The second kappa shape index (κ2) is 6.92. The van der Waals surface area contributed by atoms with Crippen LogP contribution in [0.15, 0.2) is 79.1 Å². The third-order valence-electron chi connectivity index (χ3n) is 3.86. The molecule has 0 N–H and O–H groups in total. The number of nitro groups is 1. The average Bonchev–Trinajstić information content (AvgIpc) is 2.67. The number of anilines is 1. The number of non-ortho nitro benzene ring substituents is 1. The summed E-state index contributed by atoms with van der Waals surface area (Å²) in [6.07, 6.45) is 3.44. The Labute approximate surface area is 144 Å². The number of hydrogen-bond donors (Lipinski definition) is 0. The Morgan fingerprint density at radius 1 is 0.960 bits per heavy atom. The Morgan fingerprint density at radius 2 is 1.60 bits per heavy atom. The molecule has 2 aromatic carbocycles. The maximum atomic E-state index is 12.7. The van der Waals surface area contributed by atoms with E-state index in [1.807, 2.05) is 42.5 Å². The zero-order chi connectivity index (χ0) is 17.8. The average molecular weight is 334 g/mol. The molecule has 6 nitrogen and oxygen atoms in total. The minimum Gasteiger partial charge on any atom is -0.258 e. The first kappa shape index (κ1) is 16.3. The van der Waals surface area contributed by atoms with Crippen LogP contribution in [0.5, 0.6) is 0 Å². The lowest BCUT2D eigenvalue weighted by Gasteiger charge is -2.10. The fourth-order valence-corrected chi connectivity index (χ4v) is 2.48. The van der Waals surface area contributed by atoms with Crippen molar-refractivity contribution < 1.29 is 14.3 Å². The number of nitro benzene ring substituents is 1. The smallest absolute Gasteiger partial charge is 0.258 e. The molecule has 0 atom stereocenters. The number of pyridine rings is 1. The summed E-state index contributed by atoms with van der Waals surface area (Å²) in [6.45, 7) is 0. The monoisotopic (exact) mass is 334 g/mol. The fraction of sp³-hybridized carbons (Fsp3) is 0.0526. The van der Waals surface area contributed by atoms with Crippen LogP contribution in [0.25, 0.3) is 11.1 Å². The highest BCUT2D eigenvalue weighted by Gasteiger charge is 2.23. The molecule has 0 saturated carbocycles. The number of aromatic nitrogens is 1. The van der Waals surface area contributed by atoms with E-state index >= 15 is 0 Å². The lowest BCUT2D eigenvalue weighted by atomic mass is 10.1. The van der Waals surface area contributed by atoms with Crippen LogP contribution in [-0.4, -0.2) is 18.0 Å². The normalized spacial score (nSPS) is 10.3. The number of carbonyl (C=O) groups is 1. The highest BCUT2D eigenvalue weighted by Crippen LogP contribution is 2.19. The highest BCUT2D eigenvalue weighted by molar-refractivity contribution is 5.85. The molecule has 0 unspecified atom stereocenters. The van der Waals surface area contributed by atoms with Crippen molar-refractivity contribution in [3.8, 4) is 11.1 Å². The number of benzene rings is 2. The first-order valence-corrected chi connectivity index (χ1v) is 7.65. The van der Waals surface area contributed by atoms with E-state index in [4.69, 9.17) is 0 Å². The summed E-state index contributed by atoms with van der Waals surface area (Å²) >= 11 is 0. The Morgan fingerprint density at radius 3 is 2.24 bits per heavy atom. The van der Waals surface area contributed by atoms with E-state index in [2.05, 4.69) is 0 Å². The van der Waals surface area contributed by atoms with Crippen LogP contribution < -0.4 is 9.47 Å². The van der Waals surface area contributed by atoms with Gasteiger partial charge in [0, 0.05) is 17.7 Å². The third-order valence-corrected chi connectivity index (χ3v) is 3.86. The number of carbonyl (C=O) groups excluding carboxylic acids is 1. The predicted molar refractivity (Wildman–Crippen MR) is 94.4 cm³/mol. The fourth-order valence-electron chi connectivity index (χ4n) is 2.48. The summed E-state index contributed by atoms with van der Waals surface area (Å²) in [5.41, 5.74) is 2.51. The predicted octanol–water partition coefficient (Wildman–Crippen LogP) is 3.65. The Balaban J connectivity index is 1.86. The van der Waals surface area contributed by atoms with Crippen molar-refractivity contribution in [2.24, 2.45) is 0 Å². The van der Waals surface area contributed by atoms with Gasteiger partial charge < -0.3 is 0 Å². The van der Waals surface area contributed by atoms with E-state index in [-0.39, 0.29) is 11.7 Å². The van der Waals surface area contributed by atoms with Gasteiger partial charge in [-0.2, -0.15) is 14.3 Å². The molecule has 0 saturated heterocycles. The molecule has 1 aromatic heterocycles. The topological polar surface area (TPSA) is 67.3 Å². The van der Waals surface area contributed by atoms with Crippen molar-refractivity contribution in [2.45, 2.75) is 0 Å². The molecule has 0 aliphatic heterocycles. The van der Waals surface area contributed by atoms with E-state index in [9.17, 15) is 14.9 Å². The third kappa shape index (κ3) is 3.53. The van der Waals surface area contributed by atoms with Crippen LogP contribution in [0.4, 0.5) is 16.2 Å². The van der Waals surface area contributed by atoms with Gasteiger partial charge in [-0.05, 0) is 29.8 Å². The summed E-state index contributed by atoms with van der Waals surface area (Å²) in [6, 6.07) is 19.1.